The number of hydrogen-bond donors (Lipinski definition) is 0. The van der Waals surface area contributed by atoms with Crippen LogP contribution in [0.4, 0.5) is 0 Å². The molecule has 4 nitrogen and oxygen atoms in total. The van der Waals surface area contributed by atoms with E-state index < -0.39 is 0 Å². The van der Waals surface area contributed by atoms with Gasteiger partial charge in [-0.1, -0.05) is 12.1 Å². The lowest BCUT2D eigenvalue weighted by Gasteiger charge is -2.12. The number of benzene rings is 2. The SMILES string of the molecule is COc1cc(-c2ccc(C#N)cc2)cc2oc(=O)c(C)c(C)c12. The van der Waals surface area contributed by atoms with Crippen LogP contribution in [0.1, 0.15) is 16.7 Å². The van der Waals surface area contributed by atoms with Crippen molar-refractivity contribution in [2.24, 2.45) is 0 Å². The summed E-state index contributed by atoms with van der Waals surface area (Å²) in [6.07, 6.45) is 0. The Morgan fingerprint density at radius 3 is 2.35 bits per heavy atom. The van der Waals surface area contributed by atoms with Gasteiger partial charge in [0.15, 0.2) is 0 Å². The zero-order chi connectivity index (χ0) is 16.6. The van der Waals surface area contributed by atoms with Crippen molar-refractivity contribution >= 4 is 11.0 Å². The summed E-state index contributed by atoms with van der Waals surface area (Å²) < 4.78 is 10.9. The molecule has 0 fully saturated rings. The van der Waals surface area contributed by atoms with Gasteiger partial charge in [-0.25, -0.2) is 4.79 Å². The molecule has 2 aromatic carbocycles. The molecule has 0 saturated heterocycles. The molecule has 0 aliphatic heterocycles. The van der Waals surface area contributed by atoms with Crippen molar-refractivity contribution in [1.82, 2.24) is 0 Å². The van der Waals surface area contributed by atoms with E-state index in [1.54, 1.807) is 26.2 Å². The van der Waals surface area contributed by atoms with E-state index in [1.165, 1.54) is 0 Å². The first-order valence-corrected chi connectivity index (χ1v) is 7.17. The topological polar surface area (TPSA) is 63.2 Å². The van der Waals surface area contributed by atoms with Gasteiger partial charge in [-0.2, -0.15) is 5.26 Å². The van der Waals surface area contributed by atoms with Gasteiger partial charge in [-0.15, -0.1) is 0 Å². The second-order valence-corrected chi connectivity index (χ2v) is 5.38. The van der Waals surface area contributed by atoms with Gasteiger partial charge in [-0.3, -0.25) is 0 Å². The second kappa shape index (κ2) is 5.62. The quantitative estimate of drug-likeness (QED) is 0.672. The lowest BCUT2D eigenvalue weighted by molar-refractivity contribution is 0.418. The van der Waals surface area contributed by atoms with Crippen molar-refractivity contribution < 1.29 is 9.15 Å². The number of nitriles is 1. The lowest BCUT2D eigenvalue weighted by Crippen LogP contribution is -2.06. The Hall–Kier alpha value is -3.06. The fourth-order valence-electron chi connectivity index (χ4n) is 2.62. The van der Waals surface area contributed by atoms with Gasteiger partial charge >= 0.3 is 5.63 Å². The predicted molar refractivity (Wildman–Crippen MR) is 88.7 cm³/mol. The molecule has 0 saturated carbocycles. The highest BCUT2D eigenvalue weighted by Crippen LogP contribution is 2.34. The molecule has 0 unspecified atom stereocenters. The molecule has 23 heavy (non-hydrogen) atoms. The van der Waals surface area contributed by atoms with Gasteiger partial charge in [0.2, 0.25) is 0 Å². The van der Waals surface area contributed by atoms with Crippen molar-refractivity contribution in [3.8, 4) is 22.9 Å². The van der Waals surface area contributed by atoms with E-state index in [0.29, 0.717) is 22.5 Å². The van der Waals surface area contributed by atoms with Gasteiger partial charge in [0.05, 0.1) is 24.1 Å². The van der Waals surface area contributed by atoms with Gasteiger partial charge in [0.1, 0.15) is 11.3 Å². The Morgan fingerprint density at radius 2 is 1.74 bits per heavy atom. The Morgan fingerprint density at radius 1 is 1.04 bits per heavy atom. The van der Waals surface area contributed by atoms with Crippen molar-refractivity contribution in [3.05, 3.63) is 63.5 Å². The van der Waals surface area contributed by atoms with Gasteiger partial charge < -0.3 is 9.15 Å². The Balaban J connectivity index is 2.29. The maximum atomic E-state index is 11.9. The summed E-state index contributed by atoms with van der Waals surface area (Å²) in [5.41, 5.74) is 3.99. The number of nitrogens with zero attached hydrogens (tertiary/aromatic N) is 1. The molecule has 4 heteroatoms. The Bertz CT molecular complexity index is 992. The standard InChI is InChI=1S/C19H15NO3/c1-11-12(2)19(21)23-17-9-15(8-16(22-3)18(11)17)14-6-4-13(10-20)5-7-14/h4-9H,1-3H3. The van der Waals surface area contributed by atoms with Crippen LogP contribution in [0.2, 0.25) is 0 Å². The average Bonchev–Trinajstić information content (AvgIpc) is 2.58. The summed E-state index contributed by atoms with van der Waals surface area (Å²) in [6, 6.07) is 13.1. The van der Waals surface area contributed by atoms with Gasteiger partial charge in [0.25, 0.3) is 0 Å². The first-order valence-electron chi connectivity index (χ1n) is 7.17. The molecule has 0 N–H and O–H groups in total. The summed E-state index contributed by atoms with van der Waals surface area (Å²) in [5, 5.41) is 9.70. The predicted octanol–water partition coefficient (Wildman–Crippen LogP) is 3.96. The van der Waals surface area contributed by atoms with Crippen molar-refractivity contribution in [1.29, 1.82) is 5.26 Å². The van der Waals surface area contributed by atoms with Gasteiger partial charge in [-0.05, 0) is 54.8 Å². The van der Waals surface area contributed by atoms with E-state index in [2.05, 4.69) is 6.07 Å². The first kappa shape index (κ1) is 14.9. The highest BCUT2D eigenvalue weighted by Gasteiger charge is 2.14. The minimum atomic E-state index is -0.339. The minimum Gasteiger partial charge on any atom is -0.496 e. The molecule has 0 spiro atoms. The van der Waals surface area contributed by atoms with Crippen LogP contribution in [0, 0.1) is 25.2 Å². The Labute approximate surface area is 133 Å². The van der Waals surface area contributed by atoms with Crippen LogP contribution in [-0.4, -0.2) is 7.11 Å². The Kier molecular flexibility index (Phi) is 3.63. The fourth-order valence-corrected chi connectivity index (χ4v) is 2.62. The zero-order valence-electron chi connectivity index (χ0n) is 13.1. The number of fused-ring (bicyclic) bond motifs is 1. The van der Waals surface area contributed by atoms with Gasteiger partial charge in [0, 0.05) is 5.56 Å². The third-order valence-corrected chi connectivity index (χ3v) is 4.08. The van der Waals surface area contributed by atoms with E-state index in [0.717, 1.165) is 22.1 Å². The van der Waals surface area contributed by atoms with Crippen LogP contribution >= 0.6 is 0 Å². The number of rotatable bonds is 2. The minimum absolute atomic E-state index is 0.339. The van der Waals surface area contributed by atoms with Crippen molar-refractivity contribution in [2.75, 3.05) is 7.11 Å². The lowest BCUT2D eigenvalue weighted by atomic mass is 9.99. The van der Waals surface area contributed by atoms with E-state index in [9.17, 15) is 4.79 Å². The fraction of sp³-hybridized carbons (Fsp3) is 0.158. The number of ether oxygens (including phenoxy) is 1. The second-order valence-electron chi connectivity index (χ2n) is 5.38. The molecule has 0 amide bonds. The molecular weight excluding hydrogens is 290 g/mol. The third kappa shape index (κ3) is 2.47. The van der Waals surface area contributed by atoms with Crippen molar-refractivity contribution in [2.45, 2.75) is 13.8 Å². The molecule has 1 heterocycles. The zero-order valence-corrected chi connectivity index (χ0v) is 13.1. The molecule has 0 bridgehead atoms. The van der Waals surface area contributed by atoms with Crippen LogP contribution in [-0.2, 0) is 0 Å². The van der Waals surface area contributed by atoms with E-state index >= 15 is 0 Å². The summed E-state index contributed by atoms with van der Waals surface area (Å²) in [4.78, 5) is 11.9. The summed E-state index contributed by atoms with van der Waals surface area (Å²) in [7, 11) is 1.59. The highest BCUT2D eigenvalue weighted by molar-refractivity contribution is 5.91. The first-order chi connectivity index (χ1) is 11.0. The maximum absolute atomic E-state index is 11.9. The van der Waals surface area contributed by atoms with E-state index in [4.69, 9.17) is 14.4 Å². The molecule has 114 valence electrons. The summed E-state index contributed by atoms with van der Waals surface area (Å²) in [5.74, 6) is 0.659. The highest BCUT2D eigenvalue weighted by atomic mass is 16.5. The van der Waals surface area contributed by atoms with Crippen molar-refractivity contribution in [3.63, 3.8) is 0 Å². The molecule has 0 aliphatic carbocycles. The van der Waals surface area contributed by atoms with Crippen LogP contribution < -0.4 is 10.4 Å². The molecule has 0 radical (unpaired) electrons. The smallest absolute Gasteiger partial charge is 0.339 e. The summed E-state index contributed by atoms with van der Waals surface area (Å²) in [6.45, 7) is 3.63. The monoisotopic (exact) mass is 305 g/mol. The molecule has 0 aliphatic rings. The van der Waals surface area contributed by atoms with Crippen LogP contribution in [0.3, 0.4) is 0 Å². The molecule has 3 rings (SSSR count). The van der Waals surface area contributed by atoms with E-state index in [-0.39, 0.29) is 5.63 Å². The number of hydrogen-bond acceptors (Lipinski definition) is 4. The third-order valence-electron chi connectivity index (χ3n) is 4.08. The summed E-state index contributed by atoms with van der Waals surface area (Å²) >= 11 is 0. The van der Waals surface area contributed by atoms with E-state index in [1.807, 2.05) is 31.2 Å². The number of aryl methyl sites for hydroxylation is 1. The normalized spacial score (nSPS) is 10.5. The molecule has 1 aromatic heterocycles. The van der Waals surface area contributed by atoms with Crippen LogP contribution in [0.5, 0.6) is 5.75 Å². The molecular formula is C19H15NO3. The maximum Gasteiger partial charge on any atom is 0.339 e. The van der Waals surface area contributed by atoms with Crippen LogP contribution in [0.25, 0.3) is 22.1 Å². The number of methoxy groups -OCH3 is 1. The molecule has 0 atom stereocenters. The largest absolute Gasteiger partial charge is 0.496 e. The van der Waals surface area contributed by atoms with Crippen LogP contribution in [0.15, 0.2) is 45.6 Å². The molecule has 3 aromatic rings. The average molecular weight is 305 g/mol.